The molecule has 1 radical (unpaired) electrons. The molecule has 0 spiro atoms. The molecule has 5 nitrogen and oxygen atoms in total. The average Bonchev–Trinajstić information content (AvgIpc) is 3.08. The summed E-state index contributed by atoms with van der Waals surface area (Å²) in [5, 5.41) is 0. The third-order valence-corrected chi connectivity index (χ3v) is 3.65. The van der Waals surface area contributed by atoms with E-state index >= 15 is 0 Å². The van der Waals surface area contributed by atoms with Gasteiger partial charge in [0, 0.05) is 25.1 Å². The molecule has 1 N–H and O–H groups in total. The molecule has 0 unspecified atom stereocenters. The average molecular weight is 386 g/mol. The molecule has 0 fully saturated rings. The molecule has 2 heterocycles. The molecule has 139 valence electrons. The Labute approximate surface area is 168 Å². The second kappa shape index (κ2) is 10.2. The Morgan fingerprint density at radius 1 is 0.885 bits per heavy atom. The first-order valence-corrected chi connectivity index (χ1v) is 7.28. The number of aromatic amines is 1. The third-order valence-electron chi connectivity index (χ3n) is 3.65. The van der Waals surface area contributed by atoms with E-state index in [4.69, 9.17) is 0 Å². The predicted octanol–water partition coefficient (Wildman–Crippen LogP) is 4.05. The standard InChI is InChI=1S/C17H16N5.3CH3.V/c1-22(10-16-18-12-6-2-3-7-13(12)19-16)11-17-20-14-8-4-5-9-15(14)21-17;;;;/h2-9H,10-11H2,1H3,(H-,18,19,20,21);3*1H3;/q4*-1;. The fraction of sp³-hybridized carbons (Fsp3) is 0.150. The second-order valence-electron chi connectivity index (χ2n) is 5.50. The zero-order chi connectivity index (χ0) is 14.9. The van der Waals surface area contributed by atoms with Gasteiger partial charge in [-0.05, 0) is 30.2 Å². The Balaban J connectivity index is 0.00000156. The van der Waals surface area contributed by atoms with Gasteiger partial charge in [-0.1, -0.05) is 42.2 Å². The van der Waals surface area contributed by atoms with Crippen molar-refractivity contribution in [1.82, 2.24) is 24.8 Å². The molecule has 0 aliphatic carbocycles. The van der Waals surface area contributed by atoms with E-state index in [1.807, 2.05) is 55.6 Å². The summed E-state index contributed by atoms with van der Waals surface area (Å²) < 4.78 is 0. The van der Waals surface area contributed by atoms with Crippen LogP contribution in [0.15, 0.2) is 48.5 Å². The van der Waals surface area contributed by atoms with Gasteiger partial charge in [0.2, 0.25) is 0 Å². The van der Waals surface area contributed by atoms with Crippen molar-refractivity contribution in [2.75, 3.05) is 7.05 Å². The first-order chi connectivity index (χ1) is 10.8. The van der Waals surface area contributed by atoms with E-state index in [9.17, 15) is 0 Å². The van der Waals surface area contributed by atoms with E-state index in [1.165, 1.54) is 0 Å². The van der Waals surface area contributed by atoms with Crippen molar-refractivity contribution in [3.8, 4) is 0 Å². The van der Waals surface area contributed by atoms with Gasteiger partial charge in [-0.2, -0.15) is 0 Å². The first kappa shape index (κ1) is 23.9. The van der Waals surface area contributed by atoms with Crippen LogP contribution in [0.3, 0.4) is 0 Å². The summed E-state index contributed by atoms with van der Waals surface area (Å²) >= 11 is 0. The van der Waals surface area contributed by atoms with Crippen molar-refractivity contribution in [1.29, 1.82) is 0 Å². The van der Waals surface area contributed by atoms with E-state index < -0.39 is 0 Å². The summed E-state index contributed by atoms with van der Waals surface area (Å²) in [6.45, 7) is 1.44. The van der Waals surface area contributed by atoms with E-state index in [0.717, 1.165) is 40.3 Å². The van der Waals surface area contributed by atoms with E-state index in [2.05, 4.69) is 24.8 Å². The molecule has 0 saturated carbocycles. The molecule has 0 aliphatic rings. The van der Waals surface area contributed by atoms with Gasteiger partial charge < -0.3 is 37.2 Å². The van der Waals surface area contributed by atoms with Gasteiger partial charge in [0.25, 0.3) is 0 Å². The van der Waals surface area contributed by atoms with Crippen LogP contribution in [0.25, 0.3) is 22.1 Å². The molecule has 2 aromatic heterocycles. The van der Waals surface area contributed by atoms with Crippen molar-refractivity contribution in [2.24, 2.45) is 0 Å². The smallest absolute Gasteiger partial charge is 0.121 e. The monoisotopic (exact) mass is 386 g/mol. The number of rotatable bonds is 4. The Morgan fingerprint density at radius 2 is 1.54 bits per heavy atom. The summed E-state index contributed by atoms with van der Waals surface area (Å²) in [5.41, 5.74) is 3.98. The normalized spacial score (nSPS) is 9.92. The Hall–Kier alpha value is -2.08. The van der Waals surface area contributed by atoms with Crippen LogP contribution in [0.4, 0.5) is 0 Å². The number of benzene rings is 2. The van der Waals surface area contributed by atoms with Crippen LogP contribution in [0.5, 0.6) is 0 Å². The molecule has 6 heteroatoms. The molecule has 0 bridgehead atoms. The number of fused-ring (bicyclic) bond motifs is 2. The number of H-pyrrole nitrogens is 1. The SMILES string of the molecule is CN(Cc1nc2ccccc2[n-]1)Cc1nc2ccccc2[nH]1.[CH3-].[CH3-].[CH3-].[V]. The van der Waals surface area contributed by atoms with Gasteiger partial charge in [0.15, 0.2) is 0 Å². The summed E-state index contributed by atoms with van der Waals surface area (Å²) in [5.74, 6) is 1.81. The maximum Gasteiger partial charge on any atom is 0.121 e. The van der Waals surface area contributed by atoms with Gasteiger partial charge in [0.1, 0.15) is 5.82 Å². The molecule has 26 heavy (non-hydrogen) atoms. The Bertz CT molecular complexity index is 786. The molecular weight excluding hydrogens is 361 g/mol. The zero-order valence-corrected chi connectivity index (χ0v) is 17.2. The zero-order valence-electron chi connectivity index (χ0n) is 15.8. The number of hydrogen-bond acceptors (Lipinski definition) is 3. The third kappa shape index (κ3) is 4.98. The van der Waals surface area contributed by atoms with Gasteiger partial charge >= 0.3 is 0 Å². The molecule has 4 rings (SSSR count). The molecule has 0 aliphatic heterocycles. The minimum atomic E-state index is 0. The topological polar surface area (TPSA) is 58.9 Å². The number of imidazole rings is 2. The van der Waals surface area contributed by atoms with Crippen molar-refractivity contribution in [3.05, 3.63) is 82.5 Å². The molecule has 0 saturated heterocycles. The van der Waals surface area contributed by atoms with Crippen LogP contribution < -0.4 is 4.98 Å². The van der Waals surface area contributed by atoms with Crippen LogP contribution in [-0.4, -0.2) is 26.9 Å². The van der Waals surface area contributed by atoms with Crippen molar-refractivity contribution < 1.29 is 18.6 Å². The minimum absolute atomic E-state index is 0. The Kier molecular flexibility index (Phi) is 9.35. The first-order valence-electron chi connectivity index (χ1n) is 7.28. The summed E-state index contributed by atoms with van der Waals surface area (Å²) in [7, 11) is 2.05. The van der Waals surface area contributed by atoms with Crippen molar-refractivity contribution >= 4 is 22.1 Å². The number of nitrogens with one attached hydrogen (secondary N) is 1. The quantitative estimate of drug-likeness (QED) is 0.538. The van der Waals surface area contributed by atoms with Crippen molar-refractivity contribution in [3.63, 3.8) is 0 Å². The van der Waals surface area contributed by atoms with E-state index in [1.54, 1.807) is 0 Å². The summed E-state index contributed by atoms with van der Waals surface area (Å²) in [6, 6.07) is 16.0. The molecule has 4 aromatic rings. The van der Waals surface area contributed by atoms with Gasteiger partial charge in [-0.25, -0.2) is 4.98 Å². The van der Waals surface area contributed by atoms with Crippen molar-refractivity contribution in [2.45, 2.75) is 13.1 Å². The summed E-state index contributed by atoms with van der Waals surface area (Å²) in [6.07, 6.45) is 0. The minimum Gasteiger partial charge on any atom is -0.438 e. The molecular formula is C20H25N5V-4. The fourth-order valence-corrected chi connectivity index (χ4v) is 2.66. The van der Waals surface area contributed by atoms with Crippen LogP contribution in [0.2, 0.25) is 0 Å². The van der Waals surface area contributed by atoms with E-state index in [0.29, 0.717) is 6.54 Å². The van der Waals surface area contributed by atoms with E-state index in [-0.39, 0.29) is 40.8 Å². The molecule has 0 amide bonds. The van der Waals surface area contributed by atoms with Crippen LogP contribution in [0, 0.1) is 22.3 Å². The van der Waals surface area contributed by atoms with Gasteiger partial charge in [-0.15, -0.1) is 0 Å². The van der Waals surface area contributed by atoms with Crippen LogP contribution in [0.1, 0.15) is 11.6 Å². The van der Waals surface area contributed by atoms with Gasteiger partial charge in [0.05, 0.1) is 17.6 Å². The maximum atomic E-state index is 4.60. The summed E-state index contributed by atoms with van der Waals surface area (Å²) in [4.78, 5) is 19.2. The fourth-order valence-electron chi connectivity index (χ4n) is 2.66. The van der Waals surface area contributed by atoms with Crippen LogP contribution >= 0.6 is 0 Å². The number of para-hydroxylation sites is 4. The molecule has 2 aromatic carbocycles. The largest absolute Gasteiger partial charge is 0.438 e. The number of hydrogen-bond donors (Lipinski definition) is 1. The van der Waals surface area contributed by atoms with Crippen LogP contribution in [-0.2, 0) is 31.6 Å². The number of nitrogens with zero attached hydrogens (tertiary/aromatic N) is 4. The predicted molar refractivity (Wildman–Crippen MR) is 106 cm³/mol. The van der Waals surface area contributed by atoms with Gasteiger partial charge in [-0.3, -0.25) is 4.90 Å². The number of aromatic nitrogens is 4. The molecule has 0 atom stereocenters. The maximum absolute atomic E-state index is 4.60. The second-order valence-corrected chi connectivity index (χ2v) is 5.50. The Morgan fingerprint density at radius 3 is 2.23 bits per heavy atom.